The molecule has 1 aliphatic rings. The van der Waals surface area contributed by atoms with Gasteiger partial charge in [0.2, 0.25) is 0 Å². The zero-order valence-electron chi connectivity index (χ0n) is 11.6. The van der Waals surface area contributed by atoms with E-state index in [9.17, 15) is 9.50 Å². The summed E-state index contributed by atoms with van der Waals surface area (Å²) >= 11 is 0. The number of ether oxygens (including phenoxy) is 1. The standard InChI is InChI=1S/C15H18FN3O2/c16-12-2-1-3-14(8-12)21-11-15(20)5-7-19(10-15)9-13-4-6-17-18-13/h1-4,6,8,20H,5,7,9-11H2,(H,17,18). The molecule has 3 rings (SSSR count). The summed E-state index contributed by atoms with van der Waals surface area (Å²) in [5.74, 6) is 0.0993. The Morgan fingerprint density at radius 1 is 1.43 bits per heavy atom. The number of rotatable bonds is 5. The highest BCUT2D eigenvalue weighted by Crippen LogP contribution is 2.24. The van der Waals surface area contributed by atoms with Crippen LogP contribution in [0.2, 0.25) is 0 Å². The number of halogens is 1. The highest BCUT2D eigenvalue weighted by molar-refractivity contribution is 5.22. The number of benzene rings is 1. The predicted molar refractivity (Wildman–Crippen MR) is 75.3 cm³/mol. The van der Waals surface area contributed by atoms with Crippen molar-refractivity contribution >= 4 is 0 Å². The van der Waals surface area contributed by atoms with Crippen LogP contribution in [0, 0.1) is 5.82 Å². The molecule has 1 atom stereocenters. The van der Waals surface area contributed by atoms with E-state index in [-0.39, 0.29) is 12.4 Å². The molecule has 1 aromatic heterocycles. The molecule has 0 bridgehead atoms. The zero-order valence-corrected chi connectivity index (χ0v) is 11.6. The molecule has 0 amide bonds. The summed E-state index contributed by atoms with van der Waals surface area (Å²) in [6.45, 7) is 2.21. The molecule has 1 saturated heterocycles. The molecule has 2 heterocycles. The molecule has 0 aliphatic carbocycles. The average molecular weight is 291 g/mol. The second kappa shape index (κ2) is 5.83. The Hall–Kier alpha value is -1.92. The van der Waals surface area contributed by atoms with Gasteiger partial charge in [-0.25, -0.2) is 4.39 Å². The summed E-state index contributed by atoms with van der Waals surface area (Å²) < 4.78 is 18.6. The fourth-order valence-electron chi connectivity index (χ4n) is 2.58. The SMILES string of the molecule is OC1(COc2cccc(F)c2)CCN(Cc2ccn[nH]2)C1. The Labute approximate surface area is 122 Å². The molecule has 1 fully saturated rings. The van der Waals surface area contributed by atoms with Crippen LogP contribution in [-0.2, 0) is 6.54 Å². The van der Waals surface area contributed by atoms with E-state index in [1.807, 2.05) is 6.07 Å². The number of nitrogens with one attached hydrogen (secondary N) is 1. The summed E-state index contributed by atoms with van der Waals surface area (Å²) in [6.07, 6.45) is 2.35. The summed E-state index contributed by atoms with van der Waals surface area (Å²) in [6, 6.07) is 7.88. The van der Waals surface area contributed by atoms with Crippen molar-refractivity contribution in [2.24, 2.45) is 0 Å². The van der Waals surface area contributed by atoms with E-state index in [1.54, 1.807) is 18.3 Å². The van der Waals surface area contributed by atoms with Gasteiger partial charge in [-0.3, -0.25) is 10.00 Å². The molecule has 5 nitrogen and oxygen atoms in total. The van der Waals surface area contributed by atoms with Crippen LogP contribution in [0.5, 0.6) is 5.75 Å². The maximum atomic E-state index is 13.1. The van der Waals surface area contributed by atoms with Crippen molar-refractivity contribution in [2.75, 3.05) is 19.7 Å². The van der Waals surface area contributed by atoms with Crippen LogP contribution in [-0.4, -0.2) is 45.5 Å². The number of hydrogen-bond donors (Lipinski definition) is 2. The molecule has 1 unspecified atom stereocenters. The fourth-order valence-corrected chi connectivity index (χ4v) is 2.58. The number of aromatic amines is 1. The van der Waals surface area contributed by atoms with E-state index < -0.39 is 5.60 Å². The quantitative estimate of drug-likeness (QED) is 0.878. The van der Waals surface area contributed by atoms with E-state index in [4.69, 9.17) is 4.74 Å². The summed E-state index contributed by atoms with van der Waals surface area (Å²) in [4.78, 5) is 2.14. The molecular weight excluding hydrogens is 273 g/mol. The molecule has 112 valence electrons. The summed E-state index contributed by atoms with van der Waals surface area (Å²) in [7, 11) is 0. The Morgan fingerprint density at radius 3 is 3.10 bits per heavy atom. The molecule has 1 aromatic carbocycles. The molecule has 21 heavy (non-hydrogen) atoms. The van der Waals surface area contributed by atoms with E-state index in [2.05, 4.69) is 15.1 Å². The van der Waals surface area contributed by atoms with Gasteiger partial charge in [0.1, 0.15) is 23.8 Å². The van der Waals surface area contributed by atoms with Crippen molar-refractivity contribution in [1.82, 2.24) is 15.1 Å². The van der Waals surface area contributed by atoms with Crippen molar-refractivity contribution in [3.05, 3.63) is 48.0 Å². The lowest BCUT2D eigenvalue weighted by Crippen LogP contribution is -2.39. The van der Waals surface area contributed by atoms with Crippen LogP contribution < -0.4 is 4.74 Å². The van der Waals surface area contributed by atoms with Crippen LogP contribution >= 0.6 is 0 Å². The average Bonchev–Trinajstić information content (AvgIpc) is 3.08. The number of H-pyrrole nitrogens is 1. The lowest BCUT2D eigenvalue weighted by Gasteiger charge is -2.23. The molecule has 0 radical (unpaired) electrons. The van der Waals surface area contributed by atoms with E-state index in [0.29, 0.717) is 18.7 Å². The van der Waals surface area contributed by atoms with Gasteiger partial charge < -0.3 is 9.84 Å². The van der Waals surface area contributed by atoms with Crippen molar-refractivity contribution in [2.45, 2.75) is 18.6 Å². The number of β-amino-alcohol motifs (C(OH)–C–C–N with tert-alkyl or cyclic N) is 1. The first-order valence-electron chi connectivity index (χ1n) is 6.94. The minimum absolute atomic E-state index is 0.163. The second-order valence-corrected chi connectivity index (χ2v) is 5.51. The molecular formula is C15H18FN3O2. The number of nitrogens with zero attached hydrogens (tertiary/aromatic N) is 2. The molecule has 1 aliphatic heterocycles. The second-order valence-electron chi connectivity index (χ2n) is 5.51. The largest absolute Gasteiger partial charge is 0.490 e. The van der Waals surface area contributed by atoms with Gasteiger partial charge in [0.15, 0.2) is 0 Å². The smallest absolute Gasteiger partial charge is 0.126 e. The van der Waals surface area contributed by atoms with Gasteiger partial charge in [-0.15, -0.1) is 0 Å². The highest BCUT2D eigenvalue weighted by Gasteiger charge is 2.36. The normalized spacial score (nSPS) is 22.6. The topological polar surface area (TPSA) is 61.4 Å². The first kappa shape index (κ1) is 14.0. The number of aliphatic hydroxyl groups is 1. The van der Waals surface area contributed by atoms with Gasteiger partial charge in [-0.2, -0.15) is 5.10 Å². The highest BCUT2D eigenvalue weighted by atomic mass is 19.1. The van der Waals surface area contributed by atoms with Crippen LogP contribution in [0.3, 0.4) is 0 Å². The van der Waals surface area contributed by atoms with Gasteiger partial charge in [0.05, 0.1) is 0 Å². The van der Waals surface area contributed by atoms with Crippen molar-refractivity contribution in [3.8, 4) is 5.75 Å². The van der Waals surface area contributed by atoms with Gasteiger partial charge in [0, 0.05) is 37.6 Å². The van der Waals surface area contributed by atoms with E-state index in [1.165, 1.54) is 12.1 Å². The number of hydrogen-bond acceptors (Lipinski definition) is 4. The third-order valence-electron chi connectivity index (χ3n) is 3.67. The molecule has 0 saturated carbocycles. The lowest BCUT2D eigenvalue weighted by molar-refractivity contribution is 0.00321. The summed E-state index contributed by atoms with van der Waals surface area (Å²) in [5.41, 5.74) is 0.122. The van der Waals surface area contributed by atoms with Gasteiger partial charge >= 0.3 is 0 Å². The fraction of sp³-hybridized carbons (Fsp3) is 0.400. The number of likely N-dealkylation sites (tertiary alicyclic amines) is 1. The molecule has 6 heteroatoms. The van der Waals surface area contributed by atoms with Gasteiger partial charge in [0.25, 0.3) is 0 Å². The van der Waals surface area contributed by atoms with Crippen molar-refractivity contribution < 1.29 is 14.2 Å². The molecule has 0 spiro atoms. The van der Waals surface area contributed by atoms with Crippen LogP contribution in [0.1, 0.15) is 12.1 Å². The Morgan fingerprint density at radius 2 is 2.33 bits per heavy atom. The number of aromatic nitrogens is 2. The van der Waals surface area contributed by atoms with Crippen molar-refractivity contribution in [3.63, 3.8) is 0 Å². The van der Waals surface area contributed by atoms with Crippen LogP contribution in [0.25, 0.3) is 0 Å². The Balaban J connectivity index is 1.53. The molecule has 2 aromatic rings. The zero-order chi connectivity index (χ0) is 14.7. The summed E-state index contributed by atoms with van der Waals surface area (Å²) in [5, 5.41) is 17.4. The van der Waals surface area contributed by atoms with E-state index in [0.717, 1.165) is 18.8 Å². The molecule has 2 N–H and O–H groups in total. The maximum Gasteiger partial charge on any atom is 0.126 e. The van der Waals surface area contributed by atoms with Gasteiger partial charge in [-0.05, 0) is 24.6 Å². The van der Waals surface area contributed by atoms with Crippen LogP contribution in [0.4, 0.5) is 4.39 Å². The van der Waals surface area contributed by atoms with Gasteiger partial charge in [-0.1, -0.05) is 6.07 Å². The minimum Gasteiger partial charge on any atom is -0.490 e. The Kier molecular flexibility index (Phi) is 3.90. The Bertz CT molecular complexity index is 590. The predicted octanol–water partition coefficient (Wildman–Crippen LogP) is 1.56. The third kappa shape index (κ3) is 3.59. The minimum atomic E-state index is -0.896. The van der Waals surface area contributed by atoms with Crippen molar-refractivity contribution in [1.29, 1.82) is 0 Å². The maximum absolute atomic E-state index is 13.1. The van der Waals surface area contributed by atoms with Crippen LogP contribution in [0.15, 0.2) is 36.5 Å². The monoisotopic (exact) mass is 291 g/mol. The van der Waals surface area contributed by atoms with E-state index >= 15 is 0 Å². The lowest BCUT2D eigenvalue weighted by atomic mass is 10.1. The third-order valence-corrected chi connectivity index (χ3v) is 3.67. The first-order valence-corrected chi connectivity index (χ1v) is 6.94. The first-order chi connectivity index (χ1) is 10.1.